The van der Waals surface area contributed by atoms with Gasteiger partial charge in [0, 0.05) is 66.2 Å². The summed E-state index contributed by atoms with van der Waals surface area (Å²) < 4.78 is 10.7. The fourth-order valence-corrected chi connectivity index (χ4v) is 7.44. The fraction of sp³-hybridized carbons (Fsp3) is 0.415. The first-order valence-corrected chi connectivity index (χ1v) is 18.1. The maximum Gasteiger partial charge on any atom is 0.407 e. The molecule has 6 heterocycles. The summed E-state index contributed by atoms with van der Waals surface area (Å²) >= 11 is 0. The highest BCUT2D eigenvalue weighted by molar-refractivity contribution is 6.18. The van der Waals surface area contributed by atoms with Gasteiger partial charge in [-0.3, -0.25) is 9.78 Å². The number of nitrogens with zero attached hydrogens (tertiary/aromatic N) is 3. The minimum atomic E-state index is -0.786. The number of esters is 2. The predicted molar refractivity (Wildman–Crippen MR) is 205 cm³/mol. The van der Waals surface area contributed by atoms with Crippen molar-refractivity contribution in [3.63, 3.8) is 0 Å². The molecule has 278 valence electrons. The van der Waals surface area contributed by atoms with Crippen molar-refractivity contribution in [1.82, 2.24) is 30.2 Å². The van der Waals surface area contributed by atoms with Crippen molar-refractivity contribution in [3.8, 4) is 0 Å². The van der Waals surface area contributed by atoms with Crippen molar-refractivity contribution >= 4 is 63.2 Å². The lowest BCUT2D eigenvalue weighted by Crippen LogP contribution is -2.38. The summed E-state index contributed by atoms with van der Waals surface area (Å²) in [6.45, 7) is 20.0. The number of nitrogens with one attached hydrogen (secondary N) is 3. The van der Waals surface area contributed by atoms with E-state index in [0.717, 1.165) is 56.8 Å². The fourth-order valence-electron chi connectivity index (χ4n) is 7.44. The smallest absolute Gasteiger partial charge is 0.407 e. The van der Waals surface area contributed by atoms with E-state index in [1.165, 1.54) is 0 Å². The molecule has 3 aromatic heterocycles. The Balaban J connectivity index is 1.48. The molecular formula is C41H48N6O6. The van der Waals surface area contributed by atoms with Crippen LogP contribution in [0.5, 0.6) is 0 Å². The van der Waals surface area contributed by atoms with Gasteiger partial charge in [0.05, 0.1) is 28.2 Å². The summed E-state index contributed by atoms with van der Waals surface area (Å²) in [4.78, 5) is 71.2. The molecule has 3 aromatic rings. The second kappa shape index (κ2) is 14.1. The van der Waals surface area contributed by atoms with Gasteiger partial charge in [-0.05, 0) is 94.9 Å². The molecule has 12 nitrogen and oxygen atoms in total. The van der Waals surface area contributed by atoms with E-state index < -0.39 is 23.6 Å². The third kappa shape index (κ3) is 7.02. The Hall–Kier alpha value is -5.52. The minimum Gasteiger partial charge on any atom is -0.444 e. The van der Waals surface area contributed by atoms with Crippen molar-refractivity contribution in [3.05, 3.63) is 75.4 Å². The molecule has 3 aliphatic heterocycles. The average molecular weight is 721 g/mol. The Labute approximate surface area is 309 Å². The van der Waals surface area contributed by atoms with E-state index in [1.54, 1.807) is 32.7 Å². The summed E-state index contributed by atoms with van der Waals surface area (Å²) in [6.07, 6.45) is 2.56. The molecule has 0 aromatic carbocycles. The lowest BCUT2D eigenvalue weighted by Gasteiger charge is -2.22. The number of aryl methyl sites for hydroxylation is 2. The maximum atomic E-state index is 13.7. The second-order valence-corrected chi connectivity index (χ2v) is 15.0. The molecule has 0 radical (unpaired) electrons. The van der Waals surface area contributed by atoms with Gasteiger partial charge in [0.25, 0.3) is 0 Å². The van der Waals surface area contributed by atoms with Crippen LogP contribution in [-0.4, -0.2) is 74.5 Å². The van der Waals surface area contributed by atoms with Crippen molar-refractivity contribution in [1.29, 1.82) is 0 Å². The second-order valence-electron chi connectivity index (χ2n) is 15.0. The number of fused-ring (bicyclic) bond motifs is 8. The van der Waals surface area contributed by atoms with Crippen molar-refractivity contribution in [2.24, 2.45) is 0 Å². The summed E-state index contributed by atoms with van der Waals surface area (Å²) in [5, 5.41) is 2.69. The molecule has 3 N–H and O–H groups in total. The number of hydrogen-bond acceptors (Lipinski definition) is 8. The van der Waals surface area contributed by atoms with Crippen molar-refractivity contribution in [2.75, 3.05) is 20.1 Å². The van der Waals surface area contributed by atoms with Crippen LogP contribution in [-0.2, 0) is 14.3 Å². The lowest BCUT2D eigenvalue weighted by molar-refractivity contribution is -0.130. The molecule has 3 aliphatic rings. The summed E-state index contributed by atoms with van der Waals surface area (Å²) in [7, 11) is 1.69. The number of hydrogen-bond donors (Lipinski definition) is 3. The van der Waals surface area contributed by atoms with Gasteiger partial charge < -0.3 is 29.7 Å². The van der Waals surface area contributed by atoms with Crippen molar-refractivity contribution in [2.45, 2.75) is 92.1 Å². The monoisotopic (exact) mass is 720 g/mol. The van der Waals surface area contributed by atoms with E-state index in [1.807, 2.05) is 45.0 Å². The van der Waals surface area contributed by atoms with Crippen LogP contribution in [0.15, 0.2) is 24.8 Å². The van der Waals surface area contributed by atoms with Crippen LogP contribution in [0.3, 0.4) is 0 Å². The number of aromatic amines is 2. The Morgan fingerprint density at radius 2 is 1.68 bits per heavy atom. The van der Waals surface area contributed by atoms with Crippen LogP contribution in [0, 0.1) is 13.8 Å². The van der Waals surface area contributed by atoms with Gasteiger partial charge in [0.1, 0.15) is 11.2 Å². The highest BCUT2D eigenvalue weighted by Crippen LogP contribution is 2.44. The molecule has 0 saturated heterocycles. The van der Waals surface area contributed by atoms with Gasteiger partial charge in [0.2, 0.25) is 5.91 Å². The topological polar surface area (TPSA) is 159 Å². The predicted octanol–water partition coefficient (Wildman–Crippen LogP) is 7.88. The van der Waals surface area contributed by atoms with E-state index >= 15 is 0 Å². The largest absolute Gasteiger partial charge is 0.444 e. The average Bonchev–Trinajstić information content (AvgIpc) is 3.75. The van der Waals surface area contributed by atoms with Crippen LogP contribution < -0.4 is 5.32 Å². The molecule has 8 bridgehead atoms. The van der Waals surface area contributed by atoms with Crippen molar-refractivity contribution < 1.29 is 28.7 Å². The standard InChI is InChI=1S/C41H48N6O6/c1-11-24-20(3)27-17-29-22(5)26(13-14-33(48)47(10)16-15-42-40(51)53-41(7,8)9)36(45-29)35-37-34(38(49)52-39(35)50)23(6)30(46-37)19-32-25(12-2)21(4)28(44-32)18-31(24)43-27/h11,17-19,22,26,43,46H,1,12-16H2,2-10H3,(H,42,51)/t22-,26-/m0/s1. The number of carbonyl (C=O) groups is 4. The third-order valence-electron chi connectivity index (χ3n) is 10.4. The third-order valence-corrected chi connectivity index (χ3v) is 10.4. The number of rotatable bonds is 8. The highest BCUT2D eigenvalue weighted by atomic mass is 16.6. The van der Waals surface area contributed by atoms with Crippen LogP contribution in [0.4, 0.5) is 4.79 Å². The molecule has 0 unspecified atom stereocenters. The first-order chi connectivity index (χ1) is 25.0. The molecule has 0 spiro atoms. The molecule has 6 rings (SSSR count). The van der Waals surface area contributed by atoms with Crippen LogP contribution in [0.2, 0.25) is 0 Å². The molecule has 2 atom stereocenters. The van der Waals surface area contributed by atoms with Crippen LogP contribution in [0.1, 0.15) is 133 Å². The van der Waals surface area contributed by atoms with E-state index in [0.29, 0.717) is 28.7 Å². The lowest BCUT2D eigenvalue weighted by atomic mass is 9.85. The molecule has 0 fully saturated rings. The molecule has 0 saturated carbocycles. The summed E-state index contributed by atoms with van der Waals surface area (Å²) in [6, 6.07) is 5.95. The highest BCUT2D eigenvalue weighted by Gasteiger charge is 2.39. The number of amides is 2. The van der Waals surface area contributed by atoms with E-state index in [2.05, 4.69) is 35.7 Å². The zero-order valence-corrected chi connectivity index (χ0v) is 32.0. The first-order valence-electron chi connectivity index (χ1n) is 18.1. The van der Waals surface area contributed by atoms with E-state index in [9.17, 15) is 19.2 Å². The Morgan fingerprint density at radius 3 is 2.36 bits per heavy atom. The summed E-state index contributed by atoms with van der Waals surface area (Å²) in [5.74, 6) is -2.20. The van der Waals surface area contributed by atoms with Gasteiger partial charge in [-0.15, -0.1) is 0 Å². The van der Waals surface area contributed by atoms with Crippen LogP contribution >= 0.6 is 0 Å². The number of ether oxygens (including phenoxy) is 2. The minimum absolute atomic E-state index is 0.127. The summed E-state index contributed by atoms with van der Waals surface area (Å²) in [5.41, 5.74) is 10.0. The number of carbonyl (C=O) groups excluding carboxylic acids is 4. The molecular weight excluding hydrogens is 672 g/mol. The molecule has 2 amide bonds. The van der Waals surface area contributed by atoms with E-state index in [-0.39, 0.29) is 48.4 Å². The Morgan fingerprint density at radius 1 is 1.00 bits per heavy atom. The number of cyclic esters (lactones) is 2. The van der Waals surface area contributed by atoms with Gasteiger partial charge in [-0.1, -0.05) is 26.5 Å². The van der Waals surface area contributed by atoms with Gasteiger partial charge in [-0.25, -0.2) is 19.4 Å². The number of alkyl carbamates (subject to hydrolysis) is 1. The van der Waals surface area contributed by atoms with E-state index in [4.69, 9.17) is 19.4 Å². The number of aromatic nitrogens is 4. The van der Waals surface area contributed by atoms with Gasteiger partial charge in [-0.2, -0.15) is 0 Å². The Bertz CT molecular complexity index is 2270. The zero-order valence-electron chi connectivity index (χ0n) is 32.0. The molecule has 0 aliphatic carbocycles. The Kier molecular flexibility index (Phi) is 9.93. The quantitative estimate of drug-likeness (QED) is 0.157. The molecule has 12 heteroatoms. The first kappa shape index (κ1) is 37.2. The molecule has 53 heavy (non-hydrogen) atoms. The zero-order chi connectivity index (χ0) is 38.5. The van der Waals surface area contributed by atoms with Crippen LogP contribution in [0.25, 0.3) is 39.3 Å². The number of allylic oxidation sites excluding steroid dienone is 2. The number of likely N-dealkylation sites (N-methyl/N-ethyl adjacent to an activating group) is 1. The SMILES string of the molecule is C=Cc1c(C)c2cc3nc(c4c5[nH]c(cc6nc(cc1[nH]2)C(C)=C6CC)c(C)c5C(=O)OC4=O)[C@@H](CCC(=O)N(C)CCNC(=O)OC(C)(C)C)[C@@H]3C. The maximum absolute atomic E-state index is 13.7. The van der Waals surface area contributed by atoms with Gasteiger partial charge >= 0.3 is 18.0 Å². The normalized spacial score (nSPS) is 16.8. The van der Waals surface area contributed by atoms with Gasteiger partial charge in [0.15, 0.2) is 0 Å². The number of H-pyrrole nitrogens is 2.